The van der Waals surface area contributed by atoms with Gasteiger partial charge in [0.25, 0.3) is 0 Å². The fourth-order valence-corrected chi connectivity index (χ4v) is 2.36. The molecule has 1 aliphatic heterocycles. The molecule has 2 rings (SSSR count). The van der Waals surface area contributed by atoms with Gasteiger partial charge in [0.05, 0.1) is 19.3 Å². The molecule has 0 aromatic carbocycles. The Bertz CT molecular complexity index is 442. The lowest BCUT2D eigenvalue weighted by molar-refractivity contribution is 0.00335. The Morgan fingerprint density at radius 1 is 1.38 bits per heavy atom. The van der Waals surface area contributed by atoms with Gasteiger partial charge in [-0.05, 0) is 12.8 Å². The first-order valence-electron chi connectivity index (χ1n) is 7.86. The summed E-state index contributed by atoms with van der Waals surface area (Å²) in [5, 5.41) is 12.6. The minimum Gasteiger partial charge on any atom is -0.394 e. The zero-order valence-corrected chi connectivity index (χ0v) is 13.0. The van der Waals surface area contributed by atoms with Crippen molar-refractivity contribution in [1.82, 2.24) is 9.97 Å². The molecule has 0 bridgehead atoms. The lowest BCUT2D eigenvalue weighted by Crippen LogP contribution is -2.44. The summed E-state index contributed by atoms with van der Waals surface area (Å²) in [5.74, 6) is 2.69. The van der Waals surface area contributed by atoms with E-state index in [9.17, 15) is 5.11 Å². The number of ether oxygens (including phenoxy) is 1. The average Bonchev–Trinajstić information content (AvgIpc) is 2.53. The van der Waals surface area contributed by atoms with Gasteiger partial charge in [0.1, 0.15) is 17.5 Å². The number of anilines is 2. The van der Waals surface area contributed by atoms with Crippen LogP contribution in [0.3, 0.4) is 0 Å². The molecule has 1 aromatic rings. The number of nitrogens with zero attached hydrogens (tertiary/aromatic N) is 3. The Morgan fingerprint density at radius 3 is 2.95 bits per heavy atom. The van der Waals surface area contributed by atoms with Crippen LogP contribution in [0.5, 0.6) is 0 Å². The van der Waals surface area contributed by atoms with Gasteiger partial charge in [-0.2, -0.15) is 0 Å². The molecule has 0 saturated carbocycles. The van der Waals surface area contributed by atoms with E-state index in [0.717, 1.165) is 49.8 Å². The molecular formula is C15H26N4O2. The molecule has 1 saturated heterocycles. The van der Waals surface area contributed by atoms with Crippen molar-refractivity contribution in [3.8, 4) is 0 Å². The van der Waals surface area contributed by atoms with Crippen molar-refractivity contribution in [2.45, 2.75) is 39.2 Å². The van der Waals surface area contributed by atoms with Crippen molar-refractivity contribution < 1.29 is 9.84 Å². The van der Waals surface area contributed by atoms with Gasteiger partial charge in [0, 0.05) is 32.1 Å². The first-order chi connectivity index (χ1) is 10.3. The number of morpholine rings is 1. The molecule has 21 heavy (non-hydrogen) atoms. The maximum Gasteiger partial charge on any atom is 0.134 e. The lowest BCUT2D eigenvalue weighted by Gasteiger charge is -2.33. The Labute approximate surface area is 126 Å². The number of aliphatic hydroxyl groups excluding tert-OH is 1. The summed E-state index contributed by atoms with van der Waals surface area (Å²) in [7, 11) is 0. The van der Waals surface area contributed by atoms with Crippen molar-refractivity contribution in [3.05, 3.63) is 11.9 Å². The van der Waals surface area contributed by atoms with Crippen molar-refractivity contribution in [2.24, 2.45) is 0 Å². The minimum atomic E-state index is -0.129. The van der Waals surface area contributed by atoms with Crippen LogP contribution in [0.4, 0.5) is 11.6 Å². The maximum absolute atomic E-state index is 9.27. The van der Waals surface area contributed by atoms with Gasteiger partial charge in [0.15, 0.2) is 0 Å². The van der Waals surface area contributed by atoms with Crippen molar-refractivity contribution in [3.63, 3.8) is 0 Å². The van der Waals surface area contributed by atoms with E-state index < -0.39 is 0 Å². The number of aromatic nitrogens is 2. The molecule has 6 nitrogen and oxygen atoms in total. The van der Waals surface area contributed by atoms with Crippen LogP contribution in [0.15, 0.2) is 6.07 Å². The van der Waals surface area contributed by atoms with E-state index in [4.69, 9.17) is 4.74 Å². The molecule has 0 aliphatic carbocycles. The van der Waals surface area contributed by atoms with E-state index in [2.05, 4.69) is 34.0 Å². The molecule has 0 amide bonds. The lowest BCUT2D eigenvalue weighted by atomic mass is 10.2. The third kappa shape index (κ3) is 4.54. The summed E-state index contributed by atoms with van der Waals surface area (Å²) in [6.07, 6.45) is 2.84. The summed E-state index contributed by atoms with van der Waals surface area (Å²) in [4.78, 5) is 11.4. The largest absolute Gasteiger partial charge is 0.394 e. The van der Waals surface area contributed by atoms with Gasteiger partial charge < -0.3 is 20.1 Å². The van der Waals surface area contributed by atoms with Gasteiger partial charge in [-0.15, -0.1) is 0 Å². The van der Waals surface area contributed by atoms with Crippen LogP contribution in [0, 0.1) is 0 Å². The fourth-order valence-electron chi connectivity index (χ4n) is 2.36. The van der Waals surface area contributed by atoms with Crippen molar-refractivity contribution >= 4 is 11.6 Å². The summed E-state index contributed by atoms with van der Waals surface area (Å²) >= 11 is 0. The second-order valence-corrected chi connectivity index (χ2v) is 5.33. The Balaban J connectivity index is 2.17. The zero-order valence-electron chi connectivity index (χ0n) is 13.0. The van der Waals surface area contributed by atoms with E-state index >= 15 is 0 Å². The molecule has 1 aromatic heterocycles. The topological polar surface area (TPSA) is 70.5 Å². The van der Waals surface area contributed by atoms with E-state index in [1.165, 1.54) is 0 Å². The second-order valence-electron chi connectivity index (χ2n) is 5.33. The van der Waals surface area contributed by atoms with Crippen LogP contribution in [0.1, 0.15) is 32.5 Å². The van der Waals surface area contributed by atoms with Crippen LogP contribution >= 0.6 is 0 Å². The van der Waals surface area contributed by atoms with Gasteiger partial charge in [-0.3, -0.25) is 0 Å². The van der Waals surface area contributed by atoms with Crippen molar-refractivity contribution in [1.29, 1.82) is 0 Å². The third-order valence-corrected chi connectivity index (χ3v) is 3.46. The highest BCUT2D eigenvalue weighted by atomic mass is 16.5. The summed E-state index contributed by atoms with van der Waals surface area (Å²) in [5.41, 5.74) is 0. The third-order valence-electron chi connectivity index (χ3n) is 3.46. The van der Waals surface area contributed by atoms with E-state index in [-0.39, 0.29) is 12.7 Å². The van der Waals surface area contributed by atoms with Crippen molar-refractivity contribution in [2.75, 3.05) is 43.1 Å². The number of hydrogen-bond donors (Lipinski definition) is 2. The minimum absolute atomic E-state index is 0.0460. The summed E-state index contributed by atoms with van der Waals surface area (Å²) in [6, 6.07) is 1.99. The monoisotopic (exact) mass is 294 g/mol. The summed E-state index contributed by atoms with van der Waals surface area (Å²) in [6.45, 7) is 7.31. The first-order valence-corrected chi connectivity index (χ1v) is 7.86. The molecule has 2 heterocycles. The Morgan fingerprint density at radius 2 is 2.24 bits per heavy atom. The van der Waals surface area contributed by atoms with Gasteiger partial charge in [-0.25, -0.2) is 9.97 Å². The predicted molar refractivity (Wildman–Crippen MR) is 83.8 cm³/mol. The number of nitrogens with one attached hydrogen (secondary N) is 1. The molecule has 1 atom stereocenters. The first kappa shape index (κ1) is 16.0. The molecule has 1 aliphatic rings. The normalized spacial score (nSPS) is 18.8. The molecule has 0 radical (unpaired) electrons. The molecular weight excluding hydrogens is 268 g/mol. The molecule has 1 fully saturated rings. The van der Waals surface area contributed by atoms with E-state index in [0.29, 0.717) is 13.2 Å². The number of aliphatic hydroxyl groups is 1. The van der Waals surface area contributed by atoms with Gasteiger partial charge in [-0.1, -0.05) is 13.8 Å². The Hall–Kier alpha value is -1.40. The molecule has 6 heteroatoms. The Kier molecular flexibility index (Phi) is 6.20. The van der Waals surface area contributed by atoms with Crippen LogP contribution < -0.4 is 10.2 Å². The van der Waals surface area contributed by atoms with Gasteiger partial charge >= 0.3 is 0 Å². The second kappa shape index (κ2) is 8.14. The predicted octanol–water partition coefficient (Wildman–Crippen LogP) is 1.45. The fraction of sp³-hybridized carbons (Fsp3) is 0.733. The summed E-state index contributed by atoms with van der Waals surface area (Å²) < 4.78 is 5.50. The van der Waals surface area contributed by atoms with Gasteiger partial charge in [0.2, 0.25) is 0 Å². The van der Waals surface area contributed by atoms with E-state index in [1.54, 1.807) is 0 Å². The highest BCUT2D eigenvalue weighted by Crippen LogP contribution is 2.19. The molecule has 1 unspecified atom stereocenters. The van der Waals surface area contributed by atoms with Crippen LogP contribution in [0.25, 0.3) is 0 Å². The van der Waals surface area contributed by atoms with E-state index in [1.807, 2.05) is 6.07 Å². The smallest absolute Gasteiger partial charge is 0.134 e. The van der Waals surface area contributed by atoms with Crippen LogP contribution in [-0.4, -0.2) is 54.0 Å². The molecule has 0 spiro atoms. The SMILES string of the molecule is CCCNc1cc(N2CCOC(CO)C2)nc(CCC)n1. The highest BCUT2D eigenvalue weighted by Gasteiger charge is 2.21. The molecule has 118 valence electrons. The van der Waals surface area contributed by atoms with Crippen LogP contribution in [-0.2, 0) is 11.2 Å². The quantitative estimate of drug-likeness (QED) is 0.793. The number of aryl methyl sites for hydroxylation is 1. The number of rotatable bonds is 7. The zero-order chi connectivity index (χ0) is 15.1. The molecule has 2 N–H and O–H groups in total. The standard InChI is InChI=1S/C15H26N4O2/c1-3-5-13-17-14(16-6-4-2)9-15(18-13)19-7-8-21-12(10-19)11-20/h9,12,20H,3-8,10-11H2,1-2H3,(H,16,17,18). The maximum atomic E-state index is 9.27. The highest BCUT2D eigenvalue weighted by molar-refractivity contribution is 5.50. The number of hydrogen-bond acceptors (Lipinski definition) is 6. The van der Waals surface area contributed by atoms with Crippen LogP contribution in [0.2, 0.25) is 0 Å². The average molecular weight is 294 g/mol.